The molecule has 3 rings (SSSR count). The maximum Gasteiger partial charge on any atom is 0.182 e. The molecule has 4 nitrogen and oxygen atoms in total. The second-order valence-electron chi connectivity index (χ2n) is 3.08. The van der Waals surface area contributed by atoms with E-state index < -0.39 is 0 Å². The van der Waals surface area contributed by atoms with Crippen LogP contribution in [0.4, 0.5) is 0 Å². The molecule has 0 amide bonds. The second kappa shape index (κ2) is 3.16. The molecule has 0 aliphatic heterocycles. The van der Waals surface area contributed by atoms with Gasteiger partial charge in [-0.25, -0.2) is 15.0 Å². The normalized spacial score (nSPS) is 10.7. The van der Waals surface area contributed by atoms with Crippen LogP contribution in [-0.2, 0) is 0 Å². The summed E-state index contributed by atoms with van der Waals surface area (Å²) in [6.45, 7) is 0. The lowest BCUT2D eigenvalue weighted by Crippen LogP contribution is -1.87. The molecule has 0 aliphatic carbocycles. The molecular formula is C11H7N3O. The van der Waals surface area contributed by atoms with E-state index >= 15 is 0 Å². The summed E-state index contributed by atoms with van der Waals surface area (Å²) in [5, 5.41) is 0. The predicted octanol–water partition coefficient (Wildman–Crippen LogP) is 2.28. The Labute approximate surface area is 85.6 Å². The number of rotatable bonds is 1. The largest absolute Gasteiger partial charge is 0.443 e. The van der Waals surface area contributed by atoms with E-state index in [0.29, 0.717) is 5.82 Å². The van der Waals surface area contributed by atoms with Gasteiger partial charge in [0, 0.05) is 18.0 Å². The highest BCUT2D eigenvalue weighted by molar-refractivity contribution is 5.88. The van der Waals surface area contributed by atoms with Crippen LogP contribution in [0.2, 0.25) is 0 Å². The van der Waals surface area contributed by atoms with Gasteiger partial charge < -0.3 is 4.42 Å². The molecule has 0 N–H and O–H groups in total. The van der Waals surface area contributed by atoms with Gasteiger partial charge in [0.05, 0.1) is 0 Å². The molecule has 0 aliphatic rings. The highest BCUT2D eigenvalue weighted by Crippen LogP contribution is 2.23. The molecule has 3 aromatic rings. The van der Waals surface area contributed by atoms with Gasteiger partial charge >= 0.3 is 0 Å². The van der Waals surface area contributed by atoms with Gasteiger partial charge in [-0.2, -0.15) is 0 Å². The molecule has 0 fully saturated rings. The van der Waals surface area contributed by atoms with Crippen molar-refractivity contribution < 1.29 is 4.42 Å². The molecule has 2 aromatic heterocycles. The summed E-state index contributed by atoms with van der Waals surface area (Å²) in [5.41, 5.74) is 2.44. The first-order valence-electron chi connectivity index (χ1n) is 4.55. The van der Waals surface area contributed by atoms with Gasteiger partial charge in [-0.1, -0.05) is 6.07 Å². The van der Waals surface area contributed by atoms with Crippen LogP contribution in [0.25, 0.3) is 22.5 Å². The number of aromatic nitrogens is 3. The van der Waals surface area contributed by atoms with E-state index in [2.05, 4.69) is 15.0 Å². The van der Waals surface area contributed by atoms with Gasteiger partial charge in [0.2, 0.25) is 0 Å². The van der Waals surface area contributed by atoms with Gasteiger partial charge in [-0.05, 0) is 18.2 Å². The number of hydrogen-bond acceptors (Lipinski definition) is 4. The van der Waals surface area contributed by atoms with Crippen LogP contribution in [-0.4, -0.2) is 15.0 Å². The molecule has 0 atom stereocenters. The van der Waals surface area contributed by atoms with Crippen molar-refractivity contribution in [3.63, 3.8) is 0 Å². The maximum atomic E-state index is 5.21. The van der Waals surface area contributed by atoms with Crippen molar-refractivity contribution in [1.82, 2.24) is 15.0 Å². The number of fused-ring (bicyclic) bond motifs is 1. The van der Waals surface area contributed by atoms with E-state index in [4.69, 9.17) is 4.42 Å². The third-order valence-corrected chi connectivity index (χ3v) is 2.17. The van der Waals surface area contributed by atoms with Crippen LogP contribution in [0, 0.1) is 0 Å². The first kappa shape index (κ1) is 8.11. The van der Waals surface area contributed by atoms with Gasteiger partial charge in [0.15, 0.2) is 17.8 Å². The van der Waals surface area contributed by atoms with Crippen LogP contribution in [0.3, 0.4) is 0 Å². The van der Waals surface area contributed by atoms with Crippen molar-refractivity contribution in [2.75, 3.05) is 0 Å². The summed E-state index contributed by atoms with van der Waals surface area (Å²) >= 11 is 0. The van der Waals surface area contributed by atoms with E-state index in [1.165, 1.54) is 6.39 Å². The van der Waals surface area contributed by atoms with Crippen LogP contribution in [0.1, 0.15) is 0 Å². The van der Waals surface area contributed by atoms with Gasteiger partial charge in [0.1, 0.15) is 5.52 Å². The van der Waals surface area contributed by atoms with Gasteiger partial charge in [-0.3, -0.25) is 0 Å². The number of para-hydroxylation sites is 1. The van der Waals surface area contributed by atoms with E-state index in [1.807, 2.05) is 18.2 Å². The molecule has 0 saturated heterocycles. The zero-order chi connectivity index (χ0) is 10.1. The lowest BCUT2D eigenvalue weighted by atomic mass is 10.2. The summed E-state index contributed by atoms with van der Waals surface area (Å²) in [7, 11) is 0. The number of oxazole rings is 1. The fourth-order valence-corrected chi connectivity index (χ4v) is 1.51. The lowest BCUT2D eigenvalue weighted by Gasteiger charge is -1.98. The maximum absolute atomic E-state index is 5.21. The second-order valence-corrected chi connectivity index (χ2v) is 3.08. The molecule has 1 aromatic carbocycles. The Morgan fingerprint density at radius 3 is 2.67 bits per heavy atom. The molecule has 2 heterocycles. The van der Waals surface area contributed by atoms with E-state index in [-0.39, 0.29) is 0 Å². The summed E-state index contributed by atoms with van der Waals surface area (Å²) in [5.74, 6) is 0.664. The minimum Gasteiger partial charge on any atom is -0.443 e. The Morgan fingerprint density at radius 2 is 1.80 bits per heavy atom. The number of nitrogens with zero attached hydrogens (tertiary/aromatic N) is 3. The molecule has 72 valence electrons. The zero-order valence-corrected chi connectivity index (χ0v) is 7.79. The number of benzene rings is 1. The molecule has 0 saturated carbocycles. The first-order chi connectivity index (χ1) is 7.45. The predicted molar refractivity (Wildman–Crippen MR) is 55.0 cm³/mol. The Hall–Kier alpha value is -2.23. The van der Waals surface area contributed by atoms with Crippen molar-refractivity contribution in [3.8, 4) is 11.4 Å². The Morgan fingerprint density at radius 1 is 0.933 bits per heavy atom. The average Bonchev–Trinajstić information content (AvgIpc) is 2.78. The van der Waals surface area contributed by atoms with Crippen molar-refractivity contribution in [3.05, 3.63) is 43.1 Å². The Balaban J connectivity index is 2.31. The summed E-state index contributed by atoms with van der Waals surface area (Å²) < 4.78 is 5.21. The van der Waals surface area contributed by atoms with E-state index in [9.17, 15) is 0 Å². The van der Waals surface area contributed by atoms with Crippen LogP contribution in [0.15, 0.2) is 47.5 Å². The highest BCUT2D eigenvalue weighted by Gasteiger charge is 2.08. The minimum absolute atomic E-state index is 0.664. The van der Waals surface area contributed by atoms with Crippen molar-refractivity contribution in [1.29, 1.82) is 0 Å². The Bertz CT molecular complexity index is 589. The molecule has 0 spiro atoms. The molecule has 15 heavy (non-hydrogen) atoms. The van der Waals surface area contributed by atoms with Crippen LogP contribution >= 0.6 is 0 Å². The minimum atomic E-state index is 0.664. The average molecular weight is 197 g/mol. The fraction of sp³-hybridized carbons (Fsp3) is 0. The van der Waals surface area contributed by atoms with Crippen molar-refractivity contribution in [2.45, 2.75) is 0 Å². The quantitative estimate of drug-likeness (QED) is 0.600. The molecule has 0 unspecified atom stereocenters. The highest BCUT2D eigenvalue weighted by atomic mass is 16.3. The number of hydrogen-bond donors (Lipinski definition) is 0. The lowest BCUT2D eigenvalue weighted by molar-refractivity contribution is 0.602. The smallest absolute Gasteiger partial charge is 0.182 e. The molecule has 0 bridgehead atoms. The van der Waals surface area contributed by atoms with Gasteiger partial charge in [-0.15, -0.1) is 0 Å². The third-order valence-electron chi connectivity index (χ3n) is 2.17. The topological polar surface area (TPSA) is 51.8 Å². The zero-order valence-electron chi connectivity index (χ0n) is 7.79. The van der Waals surface area contributed by atoms with E-state index in [1.54, 1.807) is 18.5 Å². The fourth-order valence-electron chi connectivity index (χ4n) is 1.51. The molecular weight excluding hydrogens is 190 g/mol. The molecule has 4 heteroatoms. The van der Waals surface area contributed by atoms with Gasteiger partial charge in [0.25, 0.3) is 0 Å². The third kappa shape index (κ3) is 1.27. The first-order valence-corrected chi connectivity index (χ1v) is 4.55. The Kier molecular flexibility index (Phi) is 1.71. The monoisotopic (exact) mass is 197 g/mol. The SMILES string of the molecule is c1cnc(-c2cccc3ocnc23)nc1. The summed E-state index contributed by atoms with van der Waals surface area (Å²) in [6.07, 6.45) is 4.85. The summed E-state index contributed by atoms with van der Waals surface area (Å²) in [6, 6.07) is 7.49. The van der Waals surface area contributed by atoms with Crippen molar-refractivity contribution >= 4 is 11.1 Å². The van der Waals surface area contributed by atoms with E-state index in [0.717, 1.165) is 16.7 Å². The standard InChI is InChI=1S/C11H7N3O/c1-3-8(11-12-5-2-6-13-11)10-9(4-1)15-7-14-10/h1-7H. The molecule has 0 radical (unpaired) electrons. The van der Waals surface area contributed by atoms with Crippen LogP contribution in [0.5, 0.6) is 0 Å². The van der Waals surface area contributed by atoms with Crippen molar-refractivity contribution in [2.24, 2.45) is 0 Å². The van der Waals surface area contributed by atoms with Crippen LogP contribution < -0.4 is 0 Å². The summed E-state index contributed by atoms with van der Waals surface area (Å²) in [4.78, 5) is 12.5.